The molecule has 29 heavy (non-hydrogen) atoms. The number of carbonyl (C=O) groups is 2. The number of fused-ring (bicyclic) bond motifs is 1. The van der Waals surface area contributed by atoms with Gasteiger partial charge < -0.3 is 15.0 Å². The molecule has 1 heterocycles. The van der Waals surface area contributed by atoms with E-state index in [0.29, 0.717) is 21.6 Å². The molecule has 0 saturated carbocycles. The summed E-state index contributed by atoms with van der Waals surface area (Å²) in [5.41, 5.74) is 2.64. The number of anilines is 1. The fourth-order valence-corrected chi connectivity index (χ4v) is 3.94. The molecular formula is C21H19ClN2O4S. The fourth-order valence-electron chi connectivity index (χ4n) is 2.91. The number of halogens is 1. The van der Waals surface area contributed by atoms with Gasteiger partial charge in [-0.25, -0.2) is 4.79 Å². The van der Waals surface area contributed by atoms with Crippen molar-refractivity contribution in [3.05, 3.63) is 68.3 Å². The number of nitrogens with one attached hydrogen (secondary N) is 2. The predicted octanol–water partition coefficient (Wildman–Crippen LogP) is 4.32. The van der Waals surface area contributed by atoms with Gasteiger partial charge in [0.1, 0.15) is 5.56 Å². The average molecular weight is 431 g/mol. The van der Waals surface area contributed by atoms with Crippen LogP contribution in [-0.2, 0) is 9.53 Å². The van der Waals surface area contributed by atoms with E-state index in [-0.39, 0.29) is 22.2 Å². The van der Waals surface area contributed by atoms with Gasteiger partial charge in [-0.1, -0.05) is 41.1 Å². The third kappa shape index (κ3) is 4.63. The van der Waals surface area contributed by atoms with Gasteiger partial charge in [0, 0.05) is 16.1 Å². The van der Waals surface area contributed by atoms with Crippen LogP contribution in [-0.4, -0.2) is 29.7 Å². The van der Waals surface area contributed by atoms with Crippen LogP contribution in [0, 0.1) is 13.8 Å². The third-order valence-corrected chi connectivity index (χ3v) is 5.56. The Hall–Kier alpha value is -2.77. The van der Waals surface area contributed by atoms with Crippen LogP contribution in [0.1, 0.15) is 21.5 Å². The molecule has 0 bridgehead atoms. The second-order valence-electron chi connectivity index (χ2n) is 6.49. The van der Waals surface area contributed by atoms with Crippen molar-refractivity contribution in [1.82, 2.24) is 4.98 Å². The van der Waals surface area contributed by atoms with Crippen molar-refractivity contribution < 1.29 is 14.3 Å². The largest absolute Gasteiger partial charge is 0.465 e. The number of aromatic amines is 1. The predicted molar refractivity (Wildman–Crippen MR) is 116 cm³/mol. The summed E-state index contributed by atoms with van der Waals surface area (Å²) in [5, 5.41) is 3.86. The number of esters is 1. The lowest BCUT2D eigenvalue weighted by Crippen LogP contribution is -2.20. The van der Waals surface area contributed by atoms with Crippen LogP contribution in [0.2, 0.25) is 5.02 Å². The van der Waals surface area contributed by atoms with Crippen molar-refractivity contribution in [1.29, 1.82) is 0 Å². The molecule has 1 amide bonds. The second kappa shape index (κ2) is 8.71. The van der Waals surface area contributed by atoms with Crippen molar-refractivity contribution in [2.75, 3.05) is 18.2 Å². The Morgan fingerprint density at radius 1 is 1.17 bits per heavy atom. The SMILES string of the molecule is COC(=O)c1c(SCC(=O)Nc2ccc(C)cc2C)[nH]c2cc(Cl)ccc2c1=O. The lowest BCUT2D eigenvalue weighted by atomic mass is 10.1. The molecule has 0 saturated heterocycles. The number of carbonyl (C=O) groups excluding carboxylic acids is 2. The number of methoxy groups -OCH3 is 1. The minimum Gasteiger partial charge on any atom is -0.465 e. The fraction of sp³-hybridized carbons (Fsp3) is 0.190. The molecule has 1 aromatic heterocycles. The second-order valence-corrected chi connectivity index (χ2v) is 7.92. The first-order valence-electron chi connectivity index (χ1n) is 8.74. The van der Waals surface area contributed by atoms with Gasteiger partial charge in [0.05, 0.1) is 23.4 Å². The maximum atomic E-state index is 12.8. The van der Waals surface area contributed by atoms with Crippen molar-refractivity contribution in [3.8, 4) is 0 Å². The number of benzene rings is 2. The Balaban J connectivity index is 1.89. The minimum absolute atomic E-state index is 0.000672. The van der Waals surface area contributed by atoms with Crippen LogP contribution in [0.5, 0.6) is 0 Å². The number of hydrogen-bond donors (Lipinski definition) is 2. The first kappa shape index (κ1) is 21.0. The van der Waals surface area contributed by atoms with Crippen molar-refractivity contribution in [2.45, 2.75) is 18.9 Å². The summed E-state index contributed by atoms with van der Waals surface area (Å²) in [6.07, 6.45) is 0. The maximum Gasteiger partial charge on any atom is 0.344 e. The van der Waals surface area contributed by atoms with E-state index in [0.717, 1.165) is 22.9 Å². The molecule has 150 valence electrons. The third-order valence-electron chi connectivity index (χ3n) is 4.32. The number of rotatable bonds is 5. The van der Waals surface area contributed by atoms with Crippen LogP contribution in [0.3, 0.4) is 0 Å². The molecule has 3 rings (SSSR count). The van der Waals surface area contributed by atoms with E-state index in [1.54, 1.807) is 18.2 Å². The lowest BCUT2D eigenvalue weighted by molar-refractivity contribution is -0.113. The molecule has 0 aliphatic rings. The van der Waals surface area contributed by atoms with Gasteiger partial charge >= 0.3 is 5.97 Å². The molecule has 8 heteroatoms. The zero-order chi connectivity index (χ0) is 21.1. The van der Waals surface area contributed by atoms with E-state index < -0.39 is 11.4 Å². The highest BCUT2D eigenvalue weighted by atomic mass is 35.5. The summed E-state index contributed by atoms with van der Waals surface area (Å²) in [6.45, 7) is 3.89. The standard InChI is InChI=1S/C21H19ClN2O4S/c1-11-4-7-15(12(2)8-11)23-17(25)10-29-20-18(21(27)28-3)19(26)14-6-5-13(22)9-16(14)24-20/h4-9H,10H2,1-3H3,(H,23,25)(H,24,26). The van der Waals surface area contributed by atoms with E-state index >= 15 is 0 Å². The number of hydrogen-bond acceptors (Lipinski definition) is 5. The van der Waals surface area contributed by atoms with Crippen molar-refractivity contribution in [3.63, 3.8) is 0 Å². The quantitative estimate of drug-likeness (QED) is 0.465. The van der Waals surface area contributed by atoms with Crippen molar-refractivity contribution >= 4 is 51.8 Å². The normalized spacial score (nSPS) is 10.8. The summed E-state index contributed by atoms with van der Waals surface area (Å²) < 4.78 is 4.76. The Morgan fingerprint density at radius 2 is 1.93 bits per heavy atom. The number of aromatic nitrogens is 1. The van der Waals surface area contributed by atoms with Gasteiger partial charge in [-0.3, -0.25) is 9.59 Å². The molecule has 0 spiro atoms. The zero-order valence-electron chi connectivity index (χ0n) is 16.1. The Morgan fingerprint density at radius 3 is 2.62 bits per heavy atom. The number of amides is 1. The summed E-state index contributed by atoms with van der Waals surface area (Å²) in [4.78, 5) is 40.4. The number of pyridine rings is 1. The highest BCUT2D eigenvalue weighted by Crippen LogP contribution is 2.24. The molecule has 2 N–H and O–H groups in total. The summed E-state index contributed by atoms with van der Waals surface area (Å²) in [6, 6.07) is 10.4. The molecule has 6 nitrogen and oxygen atoms in total. The lowest BCUT2D eigenvalue weighted by Gasteiger charge is -2.11. The van der Waals surface area contributed by atoms with Gasteiger partial charge in [-0.05, 0) is 43.7 Å². The monoisotopic (exact) mass is 430 g/mol. The van der Waals surface area contributed by atoms with Crippen LogP contribution in [0.4, 0.5) is 5.69 Å². The minimum atomic E-state index is -0.764. The topological polar surface area (TPSA) is 88.3 Å². The van der Waals surface area contributed by atoms with Gasteiger partial charge in [-0.2, -0.15) is 0 Å². The molecule has 0 fully saturated rings. The van der Waals surface area contributed by atoms with Crippen LogP contribution in [0.25, 0.3) is 10.9 Å². The molecule has 0 atom stereocenters. The van der Waals surface area contributed by atoms with Crippen LogP contribution < -0.4 is 10.7 Å². The van der Waals surface area contributed by atoms with Crippen molar-refractivity contribution in [2.24, 2.45) is 0 Å². The summed E-state index contributed by atoms with van der Waals surface area (Å²) >= 11 is 7.06. The van der Waals surface area contributed by atoms with E-state index in [9.17, 15) is 14.4 Å². The number of aryl methyl sites for hydroxylation is 2. The highest BCUT2D eigenvalue weighted by Gasteiger charge is 2.21. The molecule has 0 aliphatic carbocycles. The van der Waals surface area contributed by atoms with Gasteiger partial charge in [-0.15, -0.1) is 0 Å². The van der Waals surface area contributed by atoms with E-state index in [2.05, 4.69) is 10.3 Å². The molecule has 0 radical (unpaired) electrons. The van der Waals surface area contributed by atoms with Crippen LogP contribution in [0.15, 0.2) is 46.2 Å². The Kier molecular flexibility index (Phi) is 6.30. The Labute approximate surface area is 176 Å². The van der Waals surface area contributed by atoms with E-state index in [1.165, 1.54) is 7.11 Å². The first-order chi connectivity index (χ1) is 13.8. The highest BCUT2D eigenvalue weighted by molar-refractivity contribution is 8.00. The molecule has 3 aromatic rings. The number of thioether (sulfide) groups is 1. The first-order valence-corrected chi connectivity index (χ1v) is 10.1. The average Bonchev–Trinajstić information content (AvgIpc) is 2.67. The van der Waals surface area contributed by atoms with Gasteiger partial charge in [0.15, 0.2) is 0 Å². The van der Waals surface area contributed by atoms with Gasteiger partial charge in [0.2, 0.25) is 11.3 Å². The summed E-state index contributed by atoms with van der Waals surface area (Å²) in [5.74, 6) is -1.02. The molecular weight excluding hydrogens is 412 g/mol. The maximum absolute atomic E-state index is 12.8. The van der Waals surface area contributed by atoms with Crippen LogP contribution >= 0.6 is 23.4 Å². The van der Waals surface area contributed by atoms with E-state index in [4.69, 9.17) is 16.3 Å². The zero-order valence-corrected chi connectivity index (χ0v) is 17.7. The number of ether oxygens (including phenoxy) is 1. The number of H-pyrrole nitrogens is 1. The Bertz CT molecular complexity index is 1170. The molecule has 0 aliphatic heterocycles. The molecule has 2 aromatic carbocycles. The smallest absolute Gasteiger partial charge is 0.344 e. The van der Waals surface area contributed by atoms with E-state index in [1.807, 2.05) is 32.0 Å². The van der Waals surface area contributed by atoms with Gasteiger partial charge in [0.25, 0.3) is 0 Å². The summed E-state index contributed by atoms with van der Waals surface area (Å²) in [7, 11) is 1.20. The molecule has 0 unspecified atom stereocenters.